The van der Waals surface area contributed by atoms with Gasteiger partial charge in [-0.1, -0.05) is 18.7 Å². The molecular weight excluding hydrogens is 532 g/mol. The number of morpholine rings is 1. The van der Waals surface area contributed by atoms with Gasteiger partial charge >= 0.3 is 0 Å². The highest BCUT2D eigenvalue weighted by atomic mass is 16.5. The van der Waals surface area contributed by atoms with Crippen LogP contribution in [0.5, 0.6) is 0 Å². The summed E-state index contributed by atoms with van der Waals surface area (Å²) in [4.78, 5) is 46.0. The van der Waals surface area contributed by atoms with Gasteiger partial charge in [0.1, 0.15) is 23.5 Å². The highest BCUT2D eigenvalue weighted by molar-refractivity contribution is 6.03. The van der Waals surface area contributed by atoms with Crippen LogP contribution in [0.15, 0.2) is 67.6 Å². The number of amides is 2. The normalized spacial score (nSPS) is 19.1. The average Bonchev–Trinajstić information content (AvgIpc) is 3.61. The Hall–Kier alpha value is -4.61. The maximum Gasteiger partial charge on any atom is 0.274 e. The number of hydrogen-bond donors (Lipinski definition) is 3. The lowest BCUT2D eigenvalue weighted by Gasteiger charge is -2.27. The fraction of sp³-hybridized carbons (Fsp3) is 0.323. The number of nitrogens with zero attached hydrogens (tertiary/aromatic N) is 5. The molecule has 216 valence electrons. The summed E-state index contributed by atoms with van der Waals surface area (Å²) in [6.45, 7) is 10.8. The van der Waals surface area contributed by atoms with Gasteiger partial charge in [0.05, 0.1) is 24.1 Å². The maximum atomic E-state index is 13.0. The smallest absolute Gasteiger partial charge is 0.274 e. The van der Waals surface area contributed by atoms with Crippen LogP contribution in [-0.4, -0.2) is 81.6 Å². The van der Waals surface area contributed by atoms with Crippen molar-refractivity contribution >= 4 is 34.4 Å². The van der Waals surface area contributed by atoms with E-state index in [2.05, 4.69) is 53.0 Å². The molecule has 11 nitrogen and oxygen atoms in total. The molecule has 4 aromatic rings. The van der Waals surface area contributed by atoms with Crippen molar-refractivity contribution in [1.82, 2.24) is 30.2 Å². The van der Waals surface area contributed by atoms with E-state index < -0.39 is 0 Å². The van der Waals surface area contributed by atoms with Gasteiger partial charge in [0, 0.05) is 50.3 Å². The Balaban J connectivity index is 1.10. The first-order valence-corrected chi connectivity index (χ1v) is 14.1. The van der Waals surface area contributed by atoms with Crippen LogP contribution in [-0.2, 0) is 16.1 Å². The number of nitrogens with one attached hydrogen (secondary N) is 3. The number of H-pyrrole nitrogens is 1. The summed E-state index contributed by atoms with van der Waals surface area (Å²) in [7, 11) is 0. The summed E-state index contributed by atoms with van der Waals surface area (Å²) in [6, 6.07) is 13.5. The zero-order valence-electron chi connectivity index (χ0n) is 23.6. The molecule has 2 aliphatic heterocycles. The number of fused-ring (bicyclic) bond motifs is 1. The Morgan fingerprint density at radius 1 is 1.10 bits per heavy atom. The minimum Gasteiger partial charge on any atom is -0.378 e. The van der Waals surface area contributed by atoms with Crippen molar-refractivity contribution < 1.29 is 14.3 Å². The van der Waals surface area contributed by atoms with E-state index >= 15 is 0 Å². The molecule has 2 aliphatic rings. The second kappa shape index (κ2) is 11.7. The molecule has 0 aliphatic carbocycles. The number of carbonyl (C=O) groups is 2. The molecule has 3 aromatic heterocycles. The van der Waals surface area contributed by atoms with E-state index in [9.17, 15) is 9.59 Å². The lowest BCUT2D eigenvalue weighted by molar-refractivity contribution is -0.118. The first kappa shape index (κ1) is 27.6. The van der Waals surface area contributed by atoms with Gasteiger partial charge in [-0.2, -0.15) is 0 Å². The van der Waals surface area contributed by atoms with Crippen molar-refractivity contribution in [3.8, 4) is 11.3 Å². The molecule has 42 heavy (non-hydrogen) atoms. The molecule has 1 unspecified atom stereocenters. The molecule has 2 fully saturated rings. The van der Waals surface area contributed by atoms with Gasteiger partial charge in [-0.05, 0) is 60.9 Å². The number of hydrogen-bond acceptors (Lipinski definition) is 8. The van der Waals surface area contributed by atoms with Crippen molar-refractivity contribution in [3.63, 3.8) is 0 Å². The topological polar surface area (TPSA) is 128 Å². The van der Waals surface area contributed by atoms with E-state index in [1.165, 1.54) is 6.08 Å². The molecule has 0 bridgehead atoms. The van der Waals surface area contributed by atoms with E-state index in [0.717, 1.165) is 66.3 Å². The molecule has 11 heteroatoms. The second-order valence-electron chi connectivity index (χ2n) is 11.0. The Bertz CT molecular complexity index is 1610. The van der Waals surface area contributed by atoms with E-state index in [-0.39, 0.29) is 17.4 Å². The van der Waals surface area contributed by atoms with Crippen molar-refractivity contribution in [2.24, 2.45) is 0 Å². The Morgan fingerprint density at radius 3 is 2.69 bits per heavy atom. The third-order valence-corrected chi connectivity index (χ3v) is 7.79. The molecule has 0 radical (unpaired) electrons. The summed E-state index contributed by atoms with van der Waals surface area (Å²) in [6.07, 6.45) is 5.39. The van der Waals surface area contributed by atoms with Crippen molar-refractivity contribution in [2.75, 3.05) is 49.6 Å². The maximum absolute atomic E-state index is 13.0. The number of pyridine rings is 1. The van der Waals surface area contributed by atoms with Gasteiger partial charge in [-0.25, -0.2) is 9.97 Å². The van der Waals surface area contributed by atoms with E-state index in [1.54, 1.807) is 12.5 Å². The van der Waals surface area contributed by atoms with Crippen LogP contribution in [0.3, 0.4) is 0 Å². The molecule has 0 spiro atoms. The number of carbonyl (C=O) groups excluding carboxylic acids is 2. The molecule has 2 saturated heterocycles. The van der Waals surface area contributed by atoms with E-state index in [4.69, 9.17) is 4.74 Å². The predicted molar refractivity (Wildman–Crippen MR) is 161 cm³/mol. The highest BCUT2D eigenvalue weighted by Gasteiger charge is 2.34. The van der Waals surface area contributed by atoms with Crippen LogP contribution in [0.1, 0.15) is 29.4 Å². The Kier molecular flexibility index (Phi) is 7.68. The van der Waals surface area contributed by atoms with Crippen LogP contribution in [0.4, 0.5) is 11.5 Å². The molecule has 0 saturated carbocycles. The number of rotatable bonds is 8. The zero-order valence-corrected chi connectivity index (χ0v) is 23.6. The molecule has 3 N–H and O–H groups in total. The van der Waals surface area contributed by atoms with Crippen LogP contribution < -0.4 is 15.5 Å². The molecule has 1 aromatic carbocycles. The molecule has 2 amide bonds. The first-order valence-electron chi connectivity index (χ1n) is 14.1. The third kappa shape index (κ3) is 6.02. The van der Waals surface area contributed by atoms with Gasteiger partial charge < -0.3 is 25.3 Å². The number of anilines is 2. The number of aromatic nitrogens is 4. The quantitative estimate of drug-likeness (QED) is 0.277. The van der Waals surface area contributed by atoms with Gasteiger partial charge in [0.2, 0.25) is 5.91 Å². The summed E-state index contributed by atoms with van der Waals surface area (Å²) in [5, 5.41) is 6.95. The number of likely N-dealkylation sites (tertiary alicyclic amines) is 1. The molecule has 1 atom stereocenters. The molecular formula is C31H34N8O3. The van der Waals surface area contributed by atoms with Crippen molar-refractivity contribution in [3.05, 3.63) is 78.9 Å². The van der Waals surface area contributed by atoms with Crippen LogP contribution >= 0.6 is 0 Å². The Morgan fingerprint density at radius 2 is 1.90 bits per heavy atom. The minimum atomic E-state index is -0.296. The summed E-state index contributed by atoms with van der Waals surface area (Å²) in [5.41, 5.74) is 4.40. The van der Waals surface area contributed by atoms with E-state index in [1.807, 2.05) is 43.3 Å². The summed E-state index contributed by atoms with van der Waals surface area (Å²) in [5.74, 6) is 0.469. The van der Waals surface area contributed by atoms with Crippen LogP contribution in [0.25, 0.3) is 22.3 Å². The van der Waals surface area contributed by atoms with Gasteiger partial charge in [0.15, 0.2) is 0 Å². The average molecular weight is 567 g/mol. The lowest BCUT2D eigenvalue weighted by Crippen LogP contribution is -2.47. The molecule has 5 heterocycles. The second-order valence-corrected chi connectivity index (χ2v) is 11.0. The van der Waals surface area contributed by atoms with Crippen LogP contribution in [0, 0.1) is 0 Å². The van der Waals surface area contributed by atoms with Gasteiger partial charge in [0.25, 0.3) is 5.91 Å². The number of ether oxygens (including phenoxy) is 1. The van der Waals surface area contributed by atoms with Crippen molar-refractivity contribution in [1.29, 1.82) is 0 Å². The predicted octanol–water partition coefficient (Wildman–Crippen LogP) is 3.38. The number of benzene rings is 1. The first-order chi connectivity index (χ1) is 20.4. The third-order valence-electron chi connectivity index (χ3n) is 7.79. The standard InChI is InChI=1S/C31H34N8O3/c1-3-27(40)37-31(2)9-11-38(19-31)18-21-8-10-32-26(16-21)30(41)35-23-6-4-22(5-7-23)25-17-24-28(36-25)33-20-34-29(24)39-12-14-42-15-13-39/h3-8,10,16-17,20H,1,9,11-15,18-19H2,2H3,(H,35,41)(H,37,40)(H,33,34,36). The van der Waals surface area contributed by atoms with E-state index in [0.29, 0.717) is 31.1 Å². The highest BCUT2D eigenvalue weighted by Crippen LogP contribution is 2.30. The van der Waals surface area contributed by atoms with Gasteiger partial charge in [-0.15, -0.1) is 0 Å². The minimum absolute atomic E-state index is 0.163. The van der Waals surface area contributed by atoms with Gasteiger partial charge in [-0.3, -0.25) is 19.5 Å². The largest absolute Gasteiger partial charge is 0.378 e. The lowest BCUT2D eigenvalue weighted by atomic mass is 10.0. The van der Waals surface area contributed by atoms with Crippen molar-refractivity contribution in [2.45, 2.75) is 25.4 Å². The molecule has 6 rings (SSSR count). The Labute approximate surface area is 244 Å². The summed E-state index contributed by atoms with van der Waals surface area (Å²) >= 11 is 0. The fourth-order valence-corrected chi connectivity index (χ4v) is 5.63. The summed E-state index contributed by atoms with van der Waals surface area (Å²) < 4.78 is 5.48. The number of aromatic amines is 1. The fourth-order valence-electron chi connectivity index (χ4n) is 5.63. The monoisotopic (exact) mass is 566 g/mol. The zero-order chi connectivity index (χ0) is 29.1. The van der Waals surface area contributed by atoms with Crippen LogP contribution in [0.2, 0.25) is 0 Å². The SMILES string of the molecule is C=CC(=O)NC1(C)CCN(Cc2ccnc(C(=O)Nc3ccc(-c4cc5c(N6CCOCC6)ncnc5[nH]4)cc3)c2)C1.